The van der Waals surface area contributed by atoms with Gasteiger partial charge in [-0.2, -0.15) is 0 Å². The number of nitrogens with one attached hydrogen (secondary N) is 1. The SMILES string of the molecule is CC(C)CCCNCCOC1CCCCC1C. The van der Waals surface area contributed by atoms with E-state index in [1.54, 1.807) is 0 Å². The van der Waals surface area contributed by atoms with Crippen molar-refractivity contribution in [3.63, 3.8) is 0 Å². The molecule has 0 aromatic carbocycles. The molecule has 0 aliphatic heterocycles. The van der Waals surface area contributed by atoms with Gasteiger partial charge in [-0.25, -0.2) is 0 Å². The van der Waals surface area contributed by atoms with E-state index in [2.05, 4.69) is 26.1 Å². The minimum absolute atomic E-state index is 0.529. The first-order chi connectivity index (χ1) is 8.20. The Morgan fingerprint density at radius 3 is 2.65 bits per heavy atom. The molecular formula is C15H31NO. The molecule has 0 aromatic rings. The van der Waals surface area contributed by atoms with Gasteiger partial charge in [0.15, 0.2) is 0 Å². The summed E-state index contributed by atoms with van der Waals surface area (Å²) < 4.78 is 5.96. The van der Waals surface area contributed by atoms with Gasteiger partial charge in [0.05, 0.1) is 12.7 Å². The van der Waals surface area contributed by atoms with Crippen molar-refractivity contribution in [1.29, 1.82) is 0 Å². The molecule has 1 rings (SSSR count). The van der Waals surface area contributed by atoms with Crippen LogP contribution in [0.1, 0.15) is 59.3 Å². The van der Waals surface area contributed by atoms with Crippen LogP contribution in [0.15, 0.2) is 0 Å². The van der Waals surface area contributed by atoms with Gasteiger partial charge in [0.2, 0.25) is 0 Å². The number of rotatable bonds is 8. The normalized spacial score (nSPS) is 25.4. The van der Waals surface area contributed by atoms with Crippen LogP contribution in [-0.2, 0) is 4.74 Å². The molecule has 2 atom stereocenters. The highest BCUT2D eigenvalue weighted by Gasteiger charge is 2.21. The van der Waals surface area contributed by atoms with Gasteiger partial charge < -0.3 is 10.1 Å². The third kappa shape index (κ3) is 7.05. The summed E-state index contributed by atoms with van der Waals surface area (Å²) in [5.41, 5.74) is 0. The monoisotopic (exact) mass is 241 g/mol. The highest BCUT2D eigenvalue weighted by molar-refractivity contribution is 4.72. The van der Waals surface area contributed by atoms with Crippen LogP contribution in [0, 0.1) is 11.8 Å². The Morgan fingerprint density at radius 2 is 1.94 bits per heavy atom. The molecule has 17 heavy (non-hydrogen) atoms. The van der Waals surface area contributed by atoms with E-state index in [1.807, 2.05) is 0 Å². The molecule has 0 heterocycles. The van der Waals surface area contributed by atoms with Gasteiger partial charge >= 0.3 is 0 Å². The van der Waals surface area contributed by atoms with Crippen molar-refractivity contribution < 1.29 is 4.74 Å². The predicted octanol–water partition coefficient (Wildman–Crippen LogP) is 3.61. The second-order valence-electron chi connectivity index (χ2n) is 5.96. The molecule has 1 N–H and O–H groups in total. The molecule has 0 spiro atoms. The summed E-state index contributed by atoms with van der Waals surface area (Å²) in [5, 5.41) is 3.47. The van der Waals surface area contributed by atoms with Gasteiger partial charge in [-0.3, -0.25) is 0 Å². The lowest BCUT2D eigenvalue weighted by atomic mass is 9.88. The molecule has 0 aromatic heterocycles. The van der Waals surface area contributed by atoms with Crippen LogP contribution in [0.5, 0.6) is 0 Å². The zero-order valence-electron chi connectivity index (χ0n) is 12.0. The fourth-order valence-electron chi connectivity index (χ4n) is 2.57. The number of hydrogen-bond acceptors (Lipinski definition) is 2. The Hall–Kier alpha value is -0.0800. The third-order valence-electron chi connectivity index (χ3n) is 3.78. The molecule has 0 amide bonds. The van der Waals surface area contributed by atoms with E-state index in [4.69, 9.17) is 4.74 Å². The average molecular weight is 241 g/mol. The van der Waals surface area contributed by atoms with Crippen molar-refractivity contribution in [2.24, 2.45) is 11.8 Å². The van der Waals surface area contributed by atoms with Crippen molar-refractivity contribution in [1.82, 2.24) is 5.32 Å². The molecule has 102 valence electrons. The summed E-state index contributed by atoms with van der Waals surface area (Å²) in [7, 11) is 0. The first-order valence-electron chi connectivity index (χ1n) is 7.52. The summed E-state index contributed by atoms with van der Waals surface area (Å²) in [6, 6.07) is 0. The van der Waals surface area contributed by atoms with Gasteiger partial charge in [0.1, 0.15) is 0 Å². The molecule has 2 heteroatoms. The largest absolute Gasteiger partial charge is 0.377 e. The Labute approximate surface area is 108 Å². The Bertz CT molecular complexity index is 182. The first kappa shape index (κ1) is 15.0. The maximum atomic E-state index is 5.96. The molecule has 1 aliphatic carbocycles. The van der Waals surface area contributed by atoms with Crippen LogP contribution in [0.2, 0.25) is 0 Å². The molecule has 1 saturated carbocycles. The summed E-state index contributed by atoms with van der Waals surface area (Å²) in [4.78, 5) is 0. The van der Waals surface area contributed by atoms with Gasteiger partial charge in [-0.1, -0.05) is 33.6 Å². The van der Waals surface area contributed by atoms with Crippen LogP contribution in [0.4, 0.5) is 0 Å². The maximum Gasteiger partial charge on any atom is 0.0601 e. The number of ether oxygens (including phenoxy) is 1. The fourth-order valence-corrected chi connectivity index (χ4v) is 2.57. The van der Waals surface area contributed by atoms with Gasteiger partial charge in [0.25, 0.3) is 0 Å². The van der Waals surface area contributed by atoms with E-state index >= 15 is 0 Å². The van der Waals surface area contributed by atoms with Crippen molar-refractivity contribution in [2.45, 2.75) is 65.4 Å². The maximum absolute atomic E-state index is 5.96. The predicted molar refractivity (Wildman–Crippen MR) is 74.3 cm³/mol. The molecule has 2 nitrogen and oxygen atoms in total. The summed E-state index contributed by atoms with van der Waals surface area (Å²) in [5.74, 6) is 1.60. The Morgan fingerprint density at radius 1 is 1.18 bits per heavy atom. The van der Waals surface area contributed by atoms with Gasteiger partial charge in [-0.15, -0.1) is 0 Å². The summed E-state index contributed by atoms with van der Waals surface area (Å²) in [6.45, 7) is 9.95. The van der Waals surface area contributed by atoms with E-state index in [9.17, 15) is 0 Å². The highest BCUT2D eigenvalue weighted by atomic mass is 16.5. The Balaban J connectivity index is 1.89. The molecule has 0 radical (unpaired) electrons. The van der Waals surface area contributed by atoms with Crippen LogP contribution in [0.25, 0.3) is 0 Å². The lowest BCUT2D eigenvalue weighted by Crippen LogP contribution is -2.29. The standard InChI is InChI=1S/C15H31NO/c1-13(2)7-6-10-16-11-12-17-15-9-5-4-8-14(15)3/h13-16H,4-12H2,1-3H3. The van der Waals surface area contributed by atoms with Crippen LogP contribution in [-0.4, -0.2) is 25.8 Å². The smallest absolute Gasteiger partial charge is 0.0601 e. The van der Waals surface area contributed by atoms with Gasteiger partial charge in [0, 0.05) is 6.54 Å². The van der Waals surface area contributed by atoms with Crippen molar-refractivity contribution >= 4 is 0 Å². The van der Waals surface area contributed by atoms with Crippen LogP contribution >= 0.6 is 0 Å². The lowest BCUT2D eigenvalue weighted by Gasteiger charge is -2.28. The molecule has 2 unspecified atom stereocenters. The van der Waals surface area contributed by atoms with Gasteiger partial charge in [-0.05, 0) is 44.1 Å². The molecule has 0 bridgehead atoms. The van der Waals surface area contributed by atoms with Crippen molar-refractivity contribution in [2.75, 3.05) is 19.7 Å². The summed E-state index contributed by atoms with van der Waals surface area (Å²) in [6.07, 6.45) is 8.53. The van der Waals surface area contributed by atoms with E-state index in [1.165, 1.54) is 38.5 Å². The van der Waals surface area contributed by atoms with Crippen molar-refractivity contribution in [3.8, 4) is 0 Å². The second kappa shape index (κ2) is 8.93. The minimum atomic E-state index is 0.529. The zero-order chi connectivity index (χ0) is 12.5. The second-order valence-corrected chi connectivity index (χ2v) is 5.96. The quantitative estimate of drug-likeness (QED) is 0.656. The molecule has 1 fully saturated rings. The van der Waals surface area contributed by atoms with Crippen molar-refractivity contribution in [3.05, 3.63) is 0 Å². The molecule has 0 saturated heterocycles. The zero-order valence-corrected chi connectivity index (χ0v) is 12.0. The molecule has 1 aliphatic rings. The Kier molecular flexibility index (Phi) is 7.87. The fraction of sp³-hybridized carbons (Fsp3) is 1.00. The van der Waals surface area contributed by atoms with E-state index in [0.29, 0.717) is 6.10 Å². The van der Waals surface area contributed by atoms with E-state index < -0.39 is 0 Å². The number of hydrogen-bond donors (Lipinski definition) is 1. The lowest BCUT2D eigenvalue weighted by molar-refractivity contribution is -0.00311. The van der Waals surface area contributed by atoms with Crippen LogP contribution in [0.3, 0.4) is 0 Å². The van der Waals surface area contributed by atoms with E-state index in [0.717, 1.165) is 31.5 Å². The minimum Gasteiger partial charge on any atom is -0.377 e. The van der Waals surface area contributed by atoms with E-state index in [-0.39, 0.29) is 0 Å². The first-order valence-corrected chi connectivity index (χ1v) is 7.52. The summed E-state index contributed by atoms with van der Waals surface area (Å²) >= 11 is 0. The van der Waals surface area contributed by atoms with Crippen LogP contribution < -0.4 is 5.32 Å². The topological polar surface area (TPSA) is 21.3 Å². The molecular weight excluding hydrogens is 210 g/mol. The third-order valence-corrected chi connectivity index (χ3v) is 3.78. The average Bonchev–Trinajstić information content (AvgIpc) is 2.30. The highest BCUT2D eigenvalue weighted by Crippen LogP contribution is 2.25.